The Morgan fingerprint density at radius 3 is 2.50 bits per heavy atom. The van der Waals surface area contributed by atoms with Crippen LogP contribution in [-0.4, -0.2) is 17.7 Å². The van der Waals surface area contributed by atoms with Crippen LogP contribution in [0.5, 0.6) is 0 Å². The molecule has 22 heavy (non-hydrogen) atoms. The van der Waals surface area contributed by atoms with E-state index in [-0.39, 0.29) is 0 Å². The van der Waals surface area contributed by atoms with Crippen LogP contribution in [0.1, 0.15) is 12.0 Å². The van der Waals surface area contributed by atoms with Crippen LogP contribution in [0.3, 0.4) is 0 Å². The third-order valence-electron chi connectivity index (χ3n) is 4.54. The van der Waals surface area contributed by atoms with Gasteiger partial charge in [0.1, 0.15) is 0 Å². The van der Waals surface area contributed by atoms with Gasteiger partial charge in [-0.2, -0.15) is 0 Å². The average Bonchev–Trinajstić information content (AvgIpc) is 2.90. The van der Waals surface area contributed by atoms with Crippen molar-refractivity contribution in [3.63, 3.8) is 0 Å². The first kappa shape index (κ1) is 13.4. The van der Waals surface area contributed by atoms with Crippen molar-refractivity contribution in [2.75, 3.05) is 13.1 Å². The highest BCUT2D eigenvalue weighted by Crippen LogP contribution is 2.38. The van der Waals surface area contributed by atoms with E-state index >= 15 is 0 Å². The van der Waals surface area contributed by atoms with Gasteiger partial charge < -0.3 is 9.88 Å². The molecule has 0 radical (unpaired) electrons. The zero-order valence-corrected chi connectivity index (χ0v) is 12.8. The van der Waals surface area contributed by atoms with E-state index < -0.39 is 0 Å². The molecule has 4 rings (SSSR count). The summed E-state index contributed by atoms with van der Waals surface area (Å²) in [4.78, 5) is 0. The zero-order valence-electron chi connectivity index (χ0n) is 12.8. The lowest BCUT2D eigenvalue weighted by molar-refractivity contribution is 0.739. The minimum atomic E-state index is 0.965. The summed E-state index contributed by atoms with van der Waals surface area (Å²) in [7, 11) is 2.18. The van der Waals surface area contributed by atoms with Crippen molar-refractivity contribution in [1.29, 1.82) is 0 Å². The van der Waals surface area contributed by atoms with Gasteiger partial charge in [0.05, 0.1) is 5.69 Å². The molecule has 1 N–H and O–H groups in total. The summed E-state index contributed by atoms with van der Waals surface area (Å²) in [5, 5.41) is 4.77. The molecule has 0 unspecified atom stereocenters. The molecule has 0 saturated heterocycles. The summed E-state index contributed by atoms with van der Waals surface area (Å²) in [6.45, 7) is 2.02. The van der Waals surface area contributed by atoms with Crippen LogP contribution in [0, 0.1) is 0 Å². The smallest absolute Gasteiger partial charge is 0.0565 e. The predicted octanol–water partition coefficient (Wildman–Crippen LogP) is 4.22. The fourth-order valence-electron chi connectivity index (χ4n) is 3.50. The van der Waals surface area contributed by atoms with Crippen LogP contribution < -0.4 is 5.32 Å². The number of aryl methyl sites for hydroxylation is 1. The van der Waals surface area contributed by atoms with Gasteiger partial charge >= 0.3 is 0 Å². The second-order valence-corrected chi connectivity index (χ2v) is 5.85. The Morgan fingerprint density at radius 2 is 1.73 bits per heavy atom. The number of nitrogens with one attached hydrogen (secondary N) is 1. The van der Waals surface area contributed by atoms with Gasteiger partial charge in [-0.3, -0.25) is 0 Å². The lowest BCUT2D eigenvalue weighted by atomic mass is 9.94. The summed E-state index contributed by atoms with van der Waals surface area (Å²) in [6.07, 6.45) is 3.44. The number of para-hydroxylation sites is 1. The van der Waals surface area contributed by atoms with Gasteiger partial charge in [0.15, 0.2) is 0 Å². The number of rotatable bonds is 2. The van der Waals surface area contributed by atoms with E-state index in [1.54, 1.807) is 0 Å². The van der Waals surface area contributed by atoms with Gasteiger partial charge in [0.25, 0.3) is 0 Å². The molecule has 1 aliphatic heterocycles. The molecule has 2 heterocycles. The first-order chi connectivity index (χ1) is 10.9. The summed E-state index contributed by atoms with van der Waals surface area (Å²) >= 11 is 0. The number of aromatic nitrogens is 1. The SMILES string of the molecule is Cn1c(-c2ccccc2)c(C2=CCNCC2)c2ccccc21. The molecule has 3 aromatic rings. The first-order valence-electron chi connectivity index (χ1n) is 7.89. The van der Waals surface area contributed by atoms with Gasteiger partial charge in [-0.05, 0) is 30.2 Å². The molecule has 2 nitrogen and oxygen atoms in total. The summed E-state index contributed by atoms with van der Waals surface area (Å²) in [6, 6.07) is 19.5. The first-order valence-corrected chi connectivity index (χ1v) is 7.89. The molecular weight excluding hydrogens is 268 g/mol. The van der Waals surface area contributed by atoms with Crippen molar-refractivity contribution in [1.82, 2.24) is 9.88 Å². The molecule has 0 spiro atoms. The maximum Gasteiger partial charge on any atom is 0.0565 e. The van der Waals surface area contributed by atoms with Crippen molar-refractivity contribution in [3.8, 4) is 11.3 Å². The van der Waals surface area contributed by atoms with Crippen molar-refractivity contribution >= 4 is 16.5 Å². The second-order valence-electron chi connectivity index (χ2n) is 5.85. The molecule has 2 aromatic carbocycles. The molecule has 110 valence electrons. The summed E-state index contributed by atoms with van der Waals surface area (Å²) in [5.41, 5.74) is 6.79. The van der Waals surface area contributed by atoms with Gasteiger partial charge in [-0.25, -0.2) is 0 Å². The Balaban J connectivity index is 2.06. The summed E-state index contributed by atoms with van der Waals surface area (Å²) < 4.78 is 2.34. The highest BCUT2D eigenvalue weighted by atomic mass is 15.0. The van der Waals surface area contributed by atoms with Crippen LogP contribution in [0.25, 0.3) is 27.7 Å². The van der Waals surface area contributed by atoms with E-state index in [9.17, 15) is 0 Å². The Hall–Kier alpha value is -2.32. The quantitative estimate of drug-likeness (QED) is 0.747. The molecule has 0 bridgehead atoms. The molecule has 2 heteroatoms. The van der Waals surface area contributed by atoms with E-state index in [1.165, 1.54) is 33.3 Å². The van der Waals surface area contributed by atoms with E-state index in [1.807, 2.05) is 0 Å². The van der Waals surface area contributed by atoms with Gasteiger partial charge in [-0.15, -0.1) is 0 Å². The normalized spacial score (nSPS) is 15.0. The molecule has 1 aliphatic rings. The molecule has 0 amide bonds. The third kappa shape index (κ3) is 2.08. The Labute approximate surface area is 131 Å². The standard InChI is InChI=1S/C20H20N2/c1-22-18-10-6-5-9-17(18)19(15-11-13-21-14-12-15)20(22)16-7-3-2-4-8-16/h2-11,21H,12-14H2,1H3. The second kappa shape index (κ2) is 5.47. The predicted molar refractivity (Wildman–Crippen MR) is 93.8 cm³/mol. The number of nitrogens with zero attached hydrogens (tertiary/aromatic N) is 1. The van der Waals surface area contributed by atoms with Crippen LogP contribution >= 0.6 is 0 Å². The van der Waals surface area contributed by atoms with E-state index in [0.29, 0.717) is 0 Å². The van der Waals surface area contributed by atoms with Crippen molar-refractivity contribution < 1.29 is 0 Å². The molecule has 0 fully saturated rings. The number of benzene rings is 2. The van der Waals surface area contributed by atoms with E-state index in [4.69, 9.17) is 0 Å². The average molecular weight is 288 g/mol. The third-order valence-corrected chi connectivity index (χ3v) is 4.54. The van der Waals surface area contributed by atoms with Crippen molar-refractivity contribution in [2.45, 2.75) is 6.42 Å². The topological polar surface area (TPSA) is 17.0 Å². The molecule has 1 aromatic heterocycles. The molecular formula is C20H20N2. The minimum Gasteiger partial charge on any atom is -0.343 e. The fraction of sp³-hybridized carbons (Fsp3) is 0.200. The van der Waals surface area contributed by atoms with Crippen LogP contribution in [0.15, 0.2) is 60.7 Å². The highest BCUT2D eigenvalue weighted by molar-refractivity contribution is 6.01. The van der Waals surface area contributed by atoms with Crippen molar-refractivity contribution in [3.05, 3.63) is 66.2 Å². The van der Waals surface area contributed by atoms with Crippen LogP contribution in [0.2, 0.25) is 0 Å². The lowest BCUT2D eigenvalue weighted by Gasteiger charge is -2.16. The Morgan fingerprint density at radius 1 is 0.955 bits per heavy atom. The lowest BCUT2D eigenvalue weighted by Crippen LogP contribution is -2.20. The van der Waals surface area contributed by atoms with Gasteiger partial charge in [-0.1, -0.05) is 54.6 Å². The summed E-state index contributed by atoms with van der Waals surface area (Å²) in [5.74, 6) is 0. The number of hydrogen-bond acceptors (Lipinski definition) is 1. The van der Waals surface area contributed by atoms with Crippen LogP contribution in [0.4, 0.5) is 0 Å². The largest absolute Gasteiger partial charge is 0.343 e. The number of hydrogen-bond donors (Lipinski definition) is 1. The zero-order chi connectivity index (χ0) is 14.9. The number of fused-ring (bicyclic) bond motifs is 1. The van der Waals surface area contributed by atoms with Gasteiger partial charge in [0.2, 0.25) is 0 Å². The molecule has 0 aliphatic carbocycles. The molecule has 0 atom stereocenters. The minimum absolute atomic E-state index is 0.965. The maximum atomic E-state index is 3.42. The Kier molecular flexibility index (Phi) is 3.32. The Bertz CT molecular complexity index is 841. The fourth-order valence-corrected chi connectivity index (χ4v) is 3.50. The van der Waals surface area contributed by atoms with E-state index in [2.05, 4.69) is 77.6 Å². The van der Waals surface area contributed by atoms with Crippen LogP contribution in [-0.2, 0) is 7.05 Å². The van der Waals surface area contributed by atoms with Gasteiger partial charge in [0, 0.05) is 30.1 Å². The molecule has 0 saturated carbocycles. The van der Waals surface area contributed by atoms with Crippen molar-refractivity contribution in [2.24, 2.45) is 7.05 Å². The monoisotopic (exact) mass is 288 g/mol. The van der Waals surface area contributed by atoms with E-state index in [0.717, 1.165) is 19.5 Å². The maximum absolute atomic E-state index is 3.42. The highest BCUT2D eigenvalue weighted by Gasteiger charge is 2.19.